The number of aryl methyl sites for hydroxylation is 2. The highest BCUT2D eigenvalue weighted by Gasteiger charge is 2.43. The summed E-state index contributed by atoms with van der Waals surface area (Å²) in [5, 5.41) is 6.16. The monoisotopic (exact) mass is 390 g/mol. The van der Waals surface area contributed by atoms with E-state index in [0.29, 0.717) is 11.2 Å². The average Bonchev–Trinajstić information content (AvgIpc) is 3.02. The minimum absolute atomic E-state index is 0.000558. The van der Waals surface area contributed by atoms with Crippen molar-refractivity contribution in [1.29, 1.82) is 0 Å². The van der Waals surface area contributed by atoms with Crippen molar-refractivity contribution < 1.29 is 9.59 Å². The number of halogens is 1. The van der Waals surface area contributed by atoms with Crippen LogP contribution in [0.1, 0.15) is 43.2 Å². The minimum Gasteiger partial charge on any atom is -0.353 e. The van der Waals surface area contributed by atoms with Gasteiger partial charge in [-0.2, -0.15) is 0 Å². The molecule has 24 heavy (non-hydrogen) atoms. The number of amides is 2. The number of carbonyl (C=O) groups excluding carboxylic acids is 2. The molecule has 1 aliphatic heterocycles. The van der Waals surface area contributed by atoms with Crippen molar-refractivity contribution in [2.75, 3.05) is 5.32 Å². The molecule has 4 atom stereocenters. The molecule has 1 saturated heterocycles. The number of carbonyl (C=O) groups is 2. The Labute approximate surface area is 150 Å². The molecule has 3 aliphatic rings. The van der Waals surface area contributed by atoms with Gasteiger partial charge < -0.3 is 10.6 Å². The van der Waals surface area contributed by atoms with Gasteiger partial charge in [0.2, 0.25) is 11.8 Å². The van der Waals surface area contributed by atoms with E-state index in [4.69, 9.17) is 0 Å². The summed E-state index contributed by atoms with van der Waals surface area (Å²) in [5.74, 6) is 0.0189. The first-order valence-electron chi connectivity index (χ1n) is 8.96. The van der Waals surface area contributed by atoms with Crippen LogP contribution in [0, 0.1) is 11.8 Å². The fourth-order valence-electron chi connectivity index (χ4n) is 4.56. The van der Waals surface area contributed by atoms with Gasteiger partial charge in [0, 0.05) is 23.0 Å². The molecule has 0 bridgehead atoms. The number of hydrogen-bond acceptors (Lipinski definition) is 2. The number of alkyl halides is 1. The first kappa shape index (κ1) is 16.1. The molecule has 1 saturated carbocycles. The molecule has 4 unspecified atom stereocenters. The Balaban J connectivity index is 1.50. The van der Waals surface area contributed by atoms with Crippen LogP contribution in [0.4, 0.5) is 5.69 Å². The third-order valence-electron chi connectivity index (χ3n) is 5.81. The van der Waals surface area contributed by atoms with Crippen molar-refractivity contribution in [2.45, 2.75) is 55.8 Å². The Bertz CT molecular complexity index is 675. The van der Waals surface area contributed by atoms with Crippen LogP contribution in [-0.2, 0) is 22.4 Å². The maximum Gasteiger partial charge on any atom is 0.228 e. The molecule has 2 fully saturated rings. The Morgan fingerprint density at radius 1 is 1.21 bits per heavy atom. The Hall–Kier alpha value is -1.36. The molecule has 1 aromatic rings. The van der Waals surface area contributed by atoms with Crippen molar-refractivity contribution in [3.8, 4) is 0 Å². The van der Waals surface area contributed by atoms with Crippen LogP contribution in [0.25, 0.3) is 0 Å². The minimum atomic E-state index is -0.225. The van der Waals surface area contributed by atoms with Gasteiger partial charge in [0.1, 0.15) is 0 Å². The van der Waals surface area contributed by atoms with E-state index in [1.165, 1.54) is 17.5 Å². The topological polar surface area (TPSA) is 58.2 Å². The summed E-state index contributed by atoms with van der Waals surface area (Å²) in [6.45, 7) is 0. The molecule has 2 aliphatic carbocycles. The molecule has 128 valence electrons. The number of benzene rings is 1. The summed E-state index contributed by atoms with van der Waals surface area (Å²) in [4.78, 5) is 25.3. The highest BCUT2D eigenvalue weighted by molar-refractivity contribution is 9.09. The molecular formula is C19H23BrN2O2. The second-order valence-corrected chi connectivity index (χ2v) is 8.68. The summed E-state index contributed by atoms with van der Waals surface area (Å²) in [7, 11) is 0. The number of hydrogen-bond donors (Lipinski definition) is 2. The summed E-state index contributed by atoms with van der Waals surface area (Å²) >= 11 is 3.70. The van der Waals surface area contributed by atoms with E-state index in [9.17, 15) is 9.59 Å². The summed E-state index contributed by atoms with van der Waals surface area (Å²) in [6.07, 6.45) is 6.70. The maximum atomic E-state index is 12.9. The van der Waals surface area contributed by atoms with Crippen molar-refractivity contribution >= 4 is 33.4 Å². The number of rotatable bonds is 2. The van der Waals surface area contributed by atoms with Crippen LogP contribution in [0.2, 0.25) is 0 Å². The third-order valence-corrected chi connectivity index (χ3v) is 6.64. The molecular weight excluding hydrogens is 368 g/mol. The van der Waals surface area contributed by atoms with Crippen LogP contribution in [0.3, 0.4) is 0 Å². The average molecular weight is 391 g/mol. The molecule has 5 heteroatoms. The van der Waals surface area contributed by atoms with Gasteiger partial charge in [0.05, 0.1) is 5.92 Å². The quantitative estimate of drug-likeness (QED) is 0.761. The predicted octanol–water partition coefficient (Wildman–Crippen LogP) is 3.18. The fourth-order valence-corrected chi connectivity index (χ4v) is 5.26. The van der Waals surface area contributed by atoms with E-state index in [1.54, 1.807) is 0 Å². The standard InChI is InChI=1S/C19H23BrN2O2/c20-13-5-7-17-15(9-13)16(10-18(23)22-17)19(24)21-14-6-4-11-2-1-3-12(11)8-14/h4,6,8,13,15-17H,1-3,5,7,9-10H2,(H,21,24)(H,22,23). The van der Waals surface area contributed by atoms with E-state index < -0.39 is 0 Å². The second-order valence-electron chi connectivity index (χ2n) is 7.39. The van der Waals surface area contributed by atoms with Crippen molar-refractivity contribution in [2.24, 2.45) is 11.8 Å². The summed E-state index contributed by atoms with van der Waals surface area (Å²) in [6, 6.07) is 6.38. The molecule has 1 aromatic carbocycles. The van der Waals surface area contributed by atoms with E-state index in [-0.39, 0.29) is 29.7 Å². The Morgan fingerprint density at radius 2 is 2.04 bits per heavy atom. The van der Waals surface area contributed by atoms with Crippen molar-refractivity contribution in [3.05, 3.63) is 29.3 Å². The lowest BCUT2D eigenvalue weighted by atomic mass is 9.72. The highest BCUT2D eigenvalue weighted by Crippen LogP contribution is 2.38. The number of piperidine rings is 1. The van der Waals surface area contributed by atoms with Gasteiger partial charge in [0.25, 0.3) is 0 Å². The molecule has 4 nitrogen and oxygen atoms in total. The lowest BCUT2D eigenvalue weighted by Gasteiger charge is -2.42. The van der Waals surface area contributed by atoms with E-state index in [1.807, 2.05) is 6.07 Å². The van der Waals surface area contributed by atoms with Gasteiger partial charge in [-0.3, -0.25) is 9.59 Å². The second kappa shape index (κ2) is 6.51. The number of anilines is 1. The third kappa shape index (κ3) is 3.10. The first-order valence-corrected chi connectivity index (χ1v) is 9.88. The van der Waals surface area contributed by atoms with E-state index in [0.717, 1.165) is 37.8 Å². The van der Waals surface area contributed by atoms with Gasteiger partial charge in [0.15, 0.2) is 0 Å². The van der Waals surface area contributed by atoms with Crippen LogP contribution in [-0.4, -0.2) is 22.7 Å². The molecule has 1 heterocycles. The fraction of sp³-hybridized carbons (Fsp3) is 0.579. The van der Waals surface area contributed by atoms with Crippen LogP contribution in [0.5, 0.6) is 0 Å². The van der Waals surface area contributed by atoms with E-state index >= 15 is 0 Å². The molecule has 0 aromatic heterocycles. The summed E-state index contributed by atoms with van der Waals surface area (Å²) < 4.78 is 0. The number of fused-ring (bicyclic) bond motifs is 2. The normalized spacial score (nSPS) is 31.8. The van der Waals surface area contributed by atoms with E-state index in [2.05, 4.69) is 38.7 Å². The van der Waals surface area contributed by atoms with Gasteiger partial charge in [-0.15, -0.1) is 0 Å². The Morgan fingerprint density at radius 3 is 2.92 bits per heavy atom. The van der Waals surface area contributed by atoms with Crippen molar-refractivity contribution in [1.82, 2.24) is 5.32 Å². The highest BCUT2D eigenvalue weighted by atomic mass is 79.9. The molecule has 2 N–H and O–H groups in total. The predicted molar refractivity (Wildman–Crippen MR) is 97.2 cm³/mol. The van der Waals surface area contributed by atoms with Crippen LogP contribution < -0.4 is 10.6 Å². The molecule has 0 radical (unpaired) electrons. The summed E-state index contributed by atoms with van der Waals surface area (Å²) in [5.41, 5.74) is 3.62. The SMILES string of the molecule is O=C1CC(C(=O)Nc2ccc3c(c2)CCC3)C2CC(Br)CCC2N1. The maximum absolute atomic E-state index is 12.9. The Kier molecular flexibility index (Phi) is 4.37. The van der Waals surface area contributed by atoms with Gasteiger partial charge in [-0.05, 0) is 67.7 Å². The van der Waals surface area contributed by atoms with Crippen LogP contribution in [0.15, 0.2) is 18.2 Å². The number of nitrogens with one attached hydrogen (secondary N) is 2. The van der Waals surface area contributed by atoms with Gasteiger partial charge in [-0.1, -0.05) is 22.0 Å². The zero-order valence-electron chi connectivity index (χ0n) is 13.7. The lowest BCUT2D eigenvalue weighted by molar-refractivity contribution is -0.134. The smallest absolute Gasteiger partial charge is 0.228 e. The van der Waals surface area contributed by atoms with Crippen LogP contribution >= 0.6 is 15.9 Å². The van der Waals surface area contributed by atoms with Crippen molar-refractivity contribution in [3.63, 3.8) is 0 Å². The molecule has 2 amide bonds. The molecule has 0 spiro atoms. The first-order chi connectivity index (χ1) is 11.6. The van der Waals surface area contributed by atoms with Gasteiger partial charge in [-0.25, -0.2) is 0 Å². The zero-order valence-corrected chi connectivity index (χ0v) is 15.3. The lowest BCUT2D eigenvalue weighted by Crippen LogP contribution is -2.54. The largest absolute Gasteiger partial charge is 0.353 e. The van der Waals surface area contributed by atoms with Gasteiger partial charge >= 0.3 is 0 Å². The molecule has 4 rings (SSSR count). The zero-order chi connectivity index (χ0) is 16.7.